The van der Waals surface area contributed by atoms with E-state index in [2.05, 4.69) is 10.3 Å². The quantitative estimate of drug-likeness (QED) is 0.324. The summed E-state index contributed by atoms with van der Waals surface area (Å²) in [6.45, 7) is -3.30. The molecule has 0 aliphatic carbocycles. The molecule has 1 aromatic heterocycles. The van der Waals surface area contributed by atoms with Crippen molar-refractivity contribution in [3.05, 3.63) is 121 Å². The van der Waals surface area contributed by atoms with Crippen molar-refractivity contribution in [2.45, 2.75) is 6.42 Å². The molecule has 4 rings (SSSR count). The summed E-state index contributed by atoms with van der Waals surface area (Å²) in [5.74, 6) is -0.157. The molecule has 5 heteroatoms. The van der Waals surface area contributed by atoms with Crippen LogP contribution in [0.4, 0.5) is 0 Å². The number of rotatable bonds is 8. The van der Waals surface area contributed by atoms with Gasteiger partial charge < -0.3 is 0 Å². The molecule has 0 saturated heterocycles. The summed E-state index contributed by atoms with van der Waals surface area (Å²) in [6.07, 6.45) is 4.35. The van der Waals surface area contributed by atoms with E-state index < -0.39 is 6.83 Å². The zero-order valence-electron chi connectivity index (χ0n) is 17.8. The van der Waals surface area contributed by atoms with Crippen molar-refractivity contribution in [1.82, 2.24) is 10.3 Å². The fraction of sp³-hybridized carbons (Fsp3) is 0.111. The van der Waals surface area contributed by atoms with E-state index in [9.17, 15) is 9.69 Å². The van der Waals surface area contributed by atoms with Gasteiger partial charge in [-0.15, -0.1) is 0 Å². The van der Waals surface area contributed by atoms with E-state index in [-0.39, 0.29) is 5.91 Å². The Morgan fingerprint density at radius 1 is 0.750 bits per heavy atom. The van der Waals surface area contributed by atoms with Gasteiger partial charge in [0.1, 0.15) is 0 Å². The zero-order valence-corrected chi connectivity index (χ0v) is 18.7. The first-order valence-corrected chi connectivity index (χ1v) is 13.1. The van der Waals surface area contributed by atoms with Gasteiger partial charge in [0.25, 0.3) is 0 Å². The van der Waals surface area contributed by atoms with E-state index in [1.54, 1.807) is 24.5 Å². The molecule has 4 nitrogen and oxygen atoms in total. The first-order chi connectivity index (χ1) is 15.6. The topological polar surface area (TPSA) is 62.2 Å². The van der Waals surface area contributed by atoms with Gasteiger partial charge in [0.05, 0.1) is 0 Å². The second-order valence-corrected chi connectivity index (χ2v) is 12.3. The van der Waals surface area contributed by atoms with Gasteiger partial charge in [-0.1, -0.05) is 0 Å². The van der Waals surface area contributed by atoms with Gasteiger partial charge in [-0.05, 0) is 0 Å². The summed E-state index contributed by atoms with van der Waals surface area (Å²) in [7, 11) is 0. The standard InChI is InChI=1S/C27H27N2O2P/c30-27(23-12-10-19-28-22-23)29-20-11-21-32(31,24-13-4-1-5-14-24,25-15-6-2-7-16-25)26-17-8-3-9-18-26/h1-10,12-19,22,31H,11,20-21H2,(H,29,30). The van der Waals surface area contributed by atoms with Gasteiger partial charge in [0.2, 0.25) is 0 Å². The first-order valence-electron chi connectivity index (χ1n) is 10.7. The molecule has 0 bridgehead atoms. The summed E-state index contributed by atoms with van der Waals surface area (Å²) in [5, 5.41) is 5.75. The molecule has 32 heavy (non-hydrogen) atoms. The molecular formula is C27H27N2O2P. The van der Waals surface area contributed by atoms with Gasteiger partial charge in [0, 0.05) is 0 Å². The molecule has 0 radical (unpaired) electrons. The van der Waals surface area contributed by atoms with E-state index in [4.69, 9.17) is 0 Å². The van der Waals surface area contributed by atoms with Gasteiger partial charge in [0.15, 0.2) is 0 Å². The fourth-order valence-corrected chi connectivity index (χ4v) is 9.16. The van der Waals surface area contributed by atoms with Crippen LogP contribution in [0, 0.1) is 0 Å². The van der Waals surface area contributed by atoms with Crippen molar-refractivity contribution >= 4 is 28.7 Å². The predicted octanol–water partition coefficient (Wildman–Crippen LogP) is 3.64. The number of amides is 1. The van der Waals surface area contributed by atoms with Crippen LogP contribution in [-0.2, 0) is 0 Å². The summed E-state index contributed by atoms with van der Waals surface area (Å²) >= 11 is 0. The van der Waals surface area contributed by atoms with Crippen LogP contribution in [0.2, 0.25) is 0 Å². The fourth-order valence-electron chi connectivity index (χ4n) is 4.27. The monoisotopic (exact) mass is 442 g/mol. The van der Waals surface area contributed by atoms with Crippen molar-refractivity contribution in [2.75, 3.05) is 12.7 Å². The number of hydrogen-bond acceptors (Lipinski definition) is 3. The van der Waals surface area contributed by atoms with Gasteiger partial charge in [-0.2, -0.15) is 0 Å². The average Bonchev–Trinajstić information content (AvgIpc) is 2.88. The Balaban J connectivity index is 1.70. The van der Waals surface area contributed by atoms with Crippen molar-refractivity contribution in [3.63, 3.8) is 0 Å². The second kappa shape index (κ2) is 9.44. The molecule has 0 fully saturated rings. The minimum absolute atomic E-state index is 0.157. The Morgan fingerprint density at radius 3 is 1.69 bits per heavy atom. The molecule has 0 aliphatic heterocycles. The Hall–Kier alpha value is -3.33. The molecule has 0 aliphatic rings. The summed E-state index contributed by atoms with van der Waals surface area (Å²) in [4.78, 5) is 29.4. The third-order valence-corrected chi connectivity index (χ3v) is 11.3. The number of nitrogens with zero attached hydrogens (tertiary/aromatic N) is 1. The SMILES string of the molecule is O=C(NCCCP(O)(c1ccccc1)(c1ccccc1)c1ccccc1)c1cccnc1. The normalized spacial score (nSPS) is 12.5. The second-order valence-electron chi connectivity index (χ2n) is 7.83. The van der Waals surface area contributed by atoms with Crippen LogP contribution in [0.15, 0.2) is 116 Å². The number of pyridine rings is 1. The number of nitrogens with one attached hydrogen (secondary N) is 1. The van der Waals surface area contributed by atoms with Crippen molar-refractivity contribution in [1.29, 1.82) is 0 Å². The van der Waals surface area contributed by atoms with Crippen LogP contribution in [0.25, 0.3) is 0 Å². The van der Waals surface area contributed by atoms with E-state index >= 15 is 0 Å². The molecule has 4 aromatic rings. The molecule has 2 N–H and O–H groups in total. The third kappa shape index (κ3) is 4.08. The van der Waals surface area contributed by atoms with Gasteiger partial charge in [-0.3, -0.25) is 0 Å². The van der Waals surface area contributed by atoms with Crippen LogP contribution in [0.5, 0.6) is 0 Å². The molecule has 0 saturated carbocycles. The third-order valence-electron chi connectivity index (χ3n) is 5.92. The Kier molecular flexibility index (Phi) is 6.45. The predicted molar refractivity (Wildman–Crippen MR) is 133 cm³/mol. The average molecular weight is 442 g/mol. The summed E-state index contributed by atoms with van der Waals surface area (Å²) in [6, 6.07) is 33.4. The van der Waals surface area contributed by atoms with E-state index in [1.807, 2.05) is 91.0 Å². The summed E-state index contributed by atoms with van der Waals surface area (Å²) in [5.41, 5.74) is 0.531. The number of benzene rings is 3. The van der Waals surface area contributed by atoms with Crippen LogP contribution in [-0.4, -0.2) is 28.5 Å². The van der Waals surface area contributed by atoms with Crippen molar-refractivity contribution in [2.24, 2.45) is 0 Å². The van der Waals surface area contributed by atoms with Crippen LogP contribution in [0.3, 0.4) is 0 Å². The Bertz CT molecular complexity index is 1050. The maximum atomic E-state index is 13.0. The molecule has 1 heterocycles. The zero-order chi connectivity index (χ0) is 22.3. The summed E-state index contributed by atoms with van der Waals surface area (Å²) < 4.78 is 0. The minimum atomic E-state index is -3.75. The first kappa shape index (κ1) is 21.9. The number of aromatic nitrogens is 1. The Morgan fingerprint density at radius 2 is 1.25 bits per heavy atom. The van der Waals surface area contributed by atoms with E-state index in [0.717, 1.165) is 15.9 Å². The van der Waals surface area contributed by atoms with Gasteiger partial charge in [-0.25, -0.2) is 0 Å². The number of carbonyl (C=O) groups excluding carboxylic acids is 1. The Labute approximate surface area is 189 Å². The van der Waals surface area contributed by atoms with E-state index in [1.165, 1.54) is 0 Å². The van der Waals surface area contributed by atoms with Crippen LogP contribution >= 0.6 is 6.83 Å². The molecule has 0 atom stereocenters. The molecule has 162 valence electrons. The number of hydrogen-bond donors (Lipinski definition) is 2. The van der Waals surface area contributed by atoms with E-state index in [0.29, 0.717) is 24.7 Å². The molecular weight excluding hydrogens is 415 g/mol. The van der Waals surface area contributed by atoms with Crippen LogP contribution in [0.1, 0.15) is 16.8 Å². The molecule has 3 aromatic carbocycles. The molecule has 1 amide bonds. The van der Waals surface area contributed by atoms with Crippen molar-refractivity contribution in [3.8, 4) is 0 Å². The maximum absolute atomic E-state index is 13.0. The molecule has 0 unspecified atom stereocenters. The van der Waals surface area contributed by atoms with Crippen molar-refractivity contribution < 1.29 is 9.69 Å². The van der Waals surface area contributed by atoms with Gasteiger partial charge >= 0.3 is 189 Å². The van der Waals surface area contributed by atoms with Crippen LogP contribution < -0.4 is 21.2 Å². The molecule has 0 spiro atoms. The number of carbonyl (C=O) groups is 1.